The Morgan fingerprint density at radius 2 is 0.874 bits per heavy atom. The molecule has 0 saturated heterocycles. The molecular weight excluding hydrogens is 1310 g/mol. The van der Waals surface area contributed by atoms with Crippen molar-refractivity contribution in [1.29, 1.82) is 0 Å². The average molecular weight is 1370 g/mol. The molecule has 0 bridgehead atoms. The number of imidazole rings is 8. The van der Waals surface area contributed by atoms with E-state index in [2.05, 4.69) is 194 Å². The van der Waals surface area contributed by atoms with Crippen LogP contribution in [0.25, 0.3) is 145 Å². The highest BCUT2D eigenvalue weighted by Gasteiger charge is 2.38. The summed E-state index contributed by atoms with van der Waals surface area (Å²) in [7, 11) is 2.09. The number of aromatic nitrogens is 23. The van der Waals surface area contributed by atoms with Crippen molar-refractivity contribution in [3.63, 3.8) is 0 Å². The number of rotatable bonds is 1. The van der Waals surface area contributed by atoms with E-state index in [1.807, 2.05) is 132 Å². The van der Waals surface area contributed by atoms with Crippen LogP contribution < -0.4 is 22.2 Å². The van der Waals surface area contributed by atoms with Crippen LogP contribution in [-0.2, 0) is 46.7 Å². The smallest absolute Gasteiger partial charge is 0.385 e. The van der Waals surface area contributed by atoms with Crippen LogP contribution in [-0.4, -0.2) is 86.2 Å². The van der Waals surface area contributed by atoms with Crippen LogP contribution in [0.2, 0.25) is 0 Å². The highest BCUT2D eigenvalue weighted by molar-refractivity contribution is 7.24. The summed E-state index contributed by atoms with van der Waals surface area (Å²) < 4.78 is 58.6. The van der Waals surface area contributed by atoms with Crippen molar-refractivity contribution in [3.8, 4) is 62.6 Å². The summed E-state index contributed by atoms with van der Waals surface area (Å²) in [5, 5.41) is 0. The Bertz CT molecular complexity index is 7230. The summed E-state index contributed by atoms with van der Waals surface area (Å²) in [5.74, 6) is 3.75. The van der Waals surface area contributed by atoms with Crippen LogP contribution in [0.1, 0.15) is 31.9 Å². The van der Waals surface area contributed by atoms with Crippen molar-refractivity contribution in [1.82, 2.24) is 86.2 Å². The van der Waals surface area contributed by atoms with Crippen molar-refractivity contribution in [2.24, 2.45) is 14.0 Å². The largest absolute Gasteiger partial charge is 0.468 e. The standard InChI is InChI=1S/C20H14N5.2C15H12N5.C14H9N4O.C14H9N4S/c1-2-6-15(7-3-1)25-17-11-21-10-8-16(17)24-13-18-19-14(5-4-9-22-19)12-23(18)20(24)25;2*1-18-12-7-16-6-4-11(12)20-9-13-14-10(3-2-5-17-14)8-19(13)15(18)20;1-2-9-7-17-11(13(9)16-4-1)8-18-10-3-5-15-6-12(10)19-14(17)18;1-2-9-7-17-8-18-10-6-15-5-3-11(10)19-14(18)13(17)12(9)16-4-1/h1-11,13H,12H2;2*2-7,9H,8H2,1H3;2*1-6,8H,7H2/q5*+1/i;1D3;;;. The van der Waals surface area contributed by atoms with Gasteiger partial charge in [-0.05, 0) is 66.7 Å². The van der Waals surface area contributed by atoms with Gasteiger partial charge >= 0.3 is 23.2 Å². The number of oxazole rings is 1. The SMILES string of the molecule is Cn1c2cnccc2[n+]2cc3n(c12)Cc1cccnc1-3.[2H]C([2H])([2H])n1c2cnccc2[n+]2cc3n(c12)Cc1cccnc1-3.c1ccc(-n2c3cnccc3[n+]3cc4n(c23)Cc2cccnc2-4)cc1.c1cnc2c(c1)C[n+]1cn3c(sc4ccncc43)c1-2.c1cnc2c(c1)Cn1c-2c[n+]2c3ccncc3oc12. The maximum absolute atomic E-state index is 7.94. The van der Waals surface area contributed by atoms with Gasteiger partial charge in [0.1, 0.15) is 88.6 Å². The molecule has 0 radical (unpaired) electrons. The molecule has 21 aromatic rings. The molecule has 20 aromatic heterocycles. The van der Waals surface area contributed by atoms with Crippen molar-refractivity contribution in [2.45, 2.75) is 32.7 Å². The molecule has 103 heavy (non-hydrogen) atoms. The molecule has 26 rings (SSSR count). The fraction of sp³-hybridized carbons (Fsp3) is 0.0897. The van der Waals surface area contributed by atoms with Gasteiger partial charge in [-0.1, -0.05) is 59.9 Å². The third-order valence-electron chi connectivity index (χ3n) is 20.4. The summed E-state index contributed by atoms with van der Waals surface area (Å²) in [5.41, 5.74) is 27.2. The highest BCUT2D eigenvalue weighted by atomic mass is 32.1. The van der Waals surface area contributed by atoms with Gasteiger partial charge in [0.05, 0.1) is 73.5 Å². The molecule has 0 spiro atoms. The van der Waals surface area contributed by atoms with Crippen molar-refractivity contribution in [3.05, 3.63) is 273 Å². The number of nitrogens with zero attached hydrogens (tertiary/aromatic N) is 23. The van der Waals surface area contributed by atoms with E-state index in [1.54, 1.807) is 42.3 Å². The fourth-order valence-electron chi connectivity index (χ4n) is 15.9. The Morgan fingerprint density at radius 3 is 1.47 bits per heavy atom. The second-order valence-corrected chi connectivity index (χ2v) is 27.0. The van der Waals surface area contributed by atoms with E-state index in [-0.39, 0.29) is 0 Å². The minimum atomic E-state index is -2.28. The highest BCUT2D eigenvalue weighted by Crippen LogP contribution is 2.39. The van der Waals surface area contributed by atoms with Crippen LogP contribution in [0.15, 0.2) is 250 Å². The molecule has 25 heteroatoms. The lowest BCUT2D eigenvalue weighted by molar-refractivity contribution is -0.671. The topological polar surface area (TPSA) is 201 Å². The Balaban J connectivity index is 0.0000000830. The van der Waals surface area contributed by atoms with Crippen molar-refractivity contribution >= 4 is 93.8 Å². The van der Waals surface area contributed by atoms with Gasteiger partial charge in [0, 0.05) is 95.9 Å². The molecule has 1 aromatic carbocycles. The molecule has 24 nitrogen and oxygen atoms in total. The quantitative estimate of drug-likeness (QED) is 0.142. The zero-order chi connectivity index (χ0) is 70.2. The van der Waals surface area contributed by atoms with Crippen molar-refractivity contribution < 1.29 is 30.7 Å². The van der Waals surface area contributed by atoms with E-state index < -0.39 is 6.98 Å². The monoisotopic (exact) mass is 1370 g/mol. The predicted octanol–water partition coefficient (Wildman–Crippen LogP) is 10.1. The lowest BCUT2D eigenvalue weighted by atomic mass is 10.2. The van der Waals surface area contributed by atoms with E-state index in [4.69, 9.17) is 8.53 Å². The Kier molecular flexibility index (Phi) is 11.5. The number of para-hydroxylation sites is 1. The second-order valence-electron chi connectivity index (χ2n) is 25.9. The van der Waals surface area contributed by atoms with Crippen LogP contribution in [0.5, 0.6) is 0 Å². The van der Waals surface area contributed by atoms with Gasteiger partial charge in [-0.25, -0.2) is 27.4 Å². The second kappa shape index (κ2) is 21.8. The molecule has 0 unspecified atom stereocenters. The van der Waals surface area contributed by atoms with E-state index in [9.17, 15) is 0 Å². The van der Waals surface area contributed by atoms with Gasteiger partial charge in [0.15, 0.2) is 50.4 Å². The Morgan fingerprint density at radius 1 is 0.417 bits per heavy atom. The number of thiazole rings is 1. The predicted molar refractivity (Wildman–Crippen MR) is 384 cm³/mol. The zero-order valence-corrected chi connectivity index (χ0v) is 55.5. The lowest BCUT2D eigenvalue weighted by Crippen LogP contribution is -2.29. The van der Waals surface area contributed by atoms with E-state index >= 15 is 0 Å². The fourth-order valence-corrected chi connectivity index (χ4v) is 17.0. The first-order valence-electron chi connectivity index (χ1n) is 35.1. The first-order valence-corrected chi connectivity index (χ1v) is 34.4. The normalized spacial score (nSPS) is 13.5. The number of hydrogen-bond donors (Lipinski definition) is 0. The van der Waals surface area contributed by atoms with E-state index in [0.29, 0.717) is 17.8 Å². The molecule has 0 fully saturated rings. The number of aryl methyl sites for hydroxylation is 2. The van der Waals surface area contributed by atoms with Gasteiger partial charge in [0.2, 0.25) is 16.1 Å². The van der Waals surface area contributed by atoms with Crippen LogP contribution in [0, 0.1) is 0 Å². The lowest BCUT2D eigenvalue weighted by Gasteiger charge is -2.00. The summed E-state index contributed by atoms with van der Waals surface area (Å²) in [6.45, 7) is 1.78. The number of hydrogen-bond acceptors (Lipinski definition) is 12. The Labute approximate surface area is 590 Å². The summed E-state index contributed by atoms with van der Waals surface area (Å²) in [6.07, 6.45) is 37.8. The van der Waals surface area contributed by atoms with Gasteiger partial charge in [-0.3, -0.25) is 49.8 Å². The van der Waals surface area contributed by atoms with Crippen LogP contribution in [0.3, 0.4) is 0 Å². The number of benzene rings is 1. The molecule has 490 valence electrons. The molecule has 0 saturated carbocycles. The van der Waals surface area contributed by atoms with E-state index in [0.717, 1.165) is 128 Å². The zero-order valence-electron chi connectivity index (χ0n) is 57.7. The molecule has 0 atom stereocenters. The van der Waals surface area contributed by atoms with Gasteiger partial charge < -0.3 is 4.42 Å². The van der Waals surface area contributed by atoms with E-state index in [1.165, 1.54) is 64.6 Å². The van der Waals surface area contributed by atoms with Gasteiger partial charge in [-0.2, -0.15) is 31.1 Å². The maximum atomic E-state index is 7.94. The Hall–Kier alpha value is -13.8. The third-order valence-corrected chi connectivity index (χ3v) is 21.5. The minimum Gasteiger partial charge on any atom is -0.385 e. The molecule has 5 aliphatic rings. The van der Waals surface area contributed by atoms with Crippen LogP contribution in [0.4, 0.5) is 0 Å². The maximum Gasteiger partial charge on any atom is 0.468 e. The molecular formula is C78H56N23OS+5. The van der Waals surface area contributed by atoms with Gasteiger partial charge in [0.25, 0.3) is 6.33 Å². The summed E-state index contributed by atoms with van der Waals surface area (Å²) >= 11 is 1.80. The first-order chi connectivity index (χ1) is 52.1. The third kappa shape index (κ3) is 8.35. The molecule has 5 aliphatic heterocycles. The number of pyridine rings is 10. The molecule has 25 heterocycles. The minimum absolute atomic E-state index is 0.599. The summed E-state index contributed by atoms with van der Waals surface area (Å²) in [6, 6.07) is 40.9. The molecule has 0 aliphatic carbocycles. The average Bonchev–Trinajstić information content (AvgIpc) is 1.51. The van der Waals surface area contributed by atoms with Gasteiger partial charge in [-0.15, -0.1) is 0 Å². The molecule has 0 amide bonds. The first kappa shape index (κ1) is 54.1. The molecule has 0 N–H and O–H groups in total. The number of fused-ring (bicyclic) bond motifs is 35. The summed E-state index contributed by atoms with van der Waals surface area (Å²) in [4.78, 5) is 44.8. The van der Waals surface area contributed by atoms with Crippen molar-refractivity contribution in [2.75, 3.05) is 0 Å². The van der Waals surface area contributed by atoms with Crippen LogP contribution >= 0.6 is 11.3 Å².